The standard InChI is InChI=1S/C17H18F2N2O/c1-2-16(14-5-4-13(18)11-15(14)19)21-17(22)6-3-12-7-9-20-10-8-12/h4-5,7-11,16H,2-3,6H2,1H3,(H,21,22). The molecule has 0 saturated carbocycles. The number of benzene rings is 1. The second-order valence-electron chi connectivity index (χ2n) is 5.05. The van der Waals surface area contributed by atoms with Crippen LogP contribution in [0.4, 0.5) is 8.78 Å². The molecule has 1 amide bonds. The van der Waals surface area contributed by atoms with E-state index in [2.05, 4.69) is 10.3 Å². The molecule has 3 nitrogen and oxygen atoms in total. The number of carbonyl (C=O) groups excluding carboxylic acids is 1. The third-order valence-electron chi connectivity index (χ3n) is 3.47. The van der Waals surface area contributed by atoms with E-state index in [0.29, 0.717) is 24.8 Å². The molecule has 1 aromatic heterocycles. The molecule has 0 aliphatic rings. The third kappa shape index (κ3) is 4.35. The molecule has 1 unspecified atom stereocenters. The Balaban J connectivity index is 1.96. The summed E-state index contributed by atoms with van der Waals surface area (Å²) in [5, 5.41) is 2.80. The number of amides is 1. The van der Waals surface area contributed by atoms with Gasteiger partial charge in [-0.25, -0.2) is 8.78 Å². The highest BCUT2D eigenvalue weighted by molar-refractivity contribution is 5.76. The number of nitrogens with one attached hydrogen (secondary N) is 1. The van der Waals surface area contributed by atoms with Gasteiger partial charge >= 0.3 is 0 Å². The number of halogens is 2. The van der Waals surface area contributed by atoms with Crippen LogP contribution in [0.3, 0.4) is 0 Å². The third-order valence-corrected chi connectivity index (χ3v) is 3.47. The summed E-state index contributed by atoms with van der Waals surface area (Å²) in [4.78, 5) is 15.9. The Morgan fingerprint density at radius 3 is 2.59 bits per heavy atom. The van der Waals surface area contributed by atoms with Gasteiger partial charge < -0.3 is 5.32 Å². The number of pyridine rings is 1. The number of carbonyl (C=O) groups is 1. The van der Waals surface area contributed by atoms with E-state index in [4.69, 9.17) is 0 Å². The van der Waals surface area contributed by atoms with Crippen LogP contribution in [-0.2, 0) is 11.2 Å². The number of hydrogen-bond donors (Lipinski definition) is 1. The highest BCUT2D eigenvalue weighted by Gasteiger charge is 2.16. The first-order chi connectivity index (χ1) is 10.6. The van der Waals surface area contributed by atoms with E-state index in [1.807, 2.05) is 19.1 Å². The lowest BCUT2D eigenvalue weighted by molar-refractivity contribution is -0.121. The predicted octanol–water partition coefficient (Wildman–Crippen LogP) is 3.56. The van der Waals surface area contributed by atoms with E-state index < -0.39 is 17.7 Å². The van der Waals surface area contributed by atoms with Gasteiger partial charge in [-0.15, -0.1) is 0 Å². The van der Waals surface area contributed by atoms with Crippen molar-refractivity contribution in [3.63, 3.8) is 0 Å². The first-order valence-corrected chi connectivity index (χ1v) is 7.23. The molecule has 2 rings (SSSR count). The number of aryl methyl sites for hydroxylation is 1. The number of nitrogens with zero attached hydrogens (tertiary/aromatic N) is 1. The summed E-state index contributed by atoms with van der Waals surface area (Å²) in [5.41, 5.74) is 1.33. The number of rotatable bonds is 6. The topological polar surface area (TPSA) is 42.0 Å². The van der Waals surface area contributed by atoms with Crippen molar-refractivity contribution in [2.75, 3.05) is 0 Å². The lowest BCUT2D eigenvalue weighted by atomic mass is 10.0. The van der Waals surface area contributed by atoms with E-state index in [-0.39, 0.29) is 5.91 Å². The fraction of sp³-hybridized carbons (Fsp3) is 0.294. The van der Waals surface area contributed by atoms with Crippen LogP contribution in [0.1, 0.15) is 36.9 Å². The molecule has 0 fully saturated rings. The van der Waals surface area contributed by atoms with Crippen molar-refractivity contribution >= 4 is 5.91 Å². The summed E-state index contributed by atoms with van der Waals surface area (Å²) in [7, 11) is 0. The van der Waals surface area contributed by atoms with Crippen LogP contribution in [0.15, 0.2) is 42.7 Å². The molecule has 116 valence electrons. The maximum absolute atomic E-state index is 13.8. The molecule has 0 saturated heterocycles. The van der Waals surface area contributed by atoms with Crippen molar-refractivity contribution in [3.8, 4) is 0 Å². The predicted molar refractivity (Wildman–Crippen MR) is 80.1 cm³/mol. The van der Waals surface area contributed by atoms with Crippen molar-refractivity contribution in [2.45, 2.75) is 32.2 Å². The summed E-state index contributed by atoms with van der Waals surface area (Å²) in [6, 6.07) is 6.66. The van der Waals surface area contributed by atoms with Gasteiger partial charge in [0, 0.05) is 30.4 Å². The van der Waals surface area contributed by atoms with Crippen LogP contribution in [0, 0.1) is 11.6 Å². The SMILES string of the molecule is CCC(NC(=O)CCc1ccncc1)c1ccc(F)cc1F. The fourth-order valence-corrected chi connectivity index (χ4v) is 2.26. The van der Waals surface area contributed by atoms with Crippen LogP contribution < -0.4 is 5.32 Å². The van der Waals surface area contributed by atoms with Gasteiger partial charge in [0.05, 0.1) is 6.04 Å². The van der Waals surface area contributed by atoms with Gasteiger partial charge in [-0.3, -0.25) is 9.78 Å². The van der Waals surface area contributed by atoms with Gasteiger partial charge in [0.2, 0.25) is 5.91 Å². The molecule has 0 radical (unpaired) electrons. The number of hydrogen-bond acceptors (Lipinski definition) is 2. The minimum atomic E-state index is -0.638. The van der Waals surface area contributed by atoms with Gasteiger partial charge in [-0.1, -0.05) is 13.0 Å². The Labute approximate surface area is 128 Å². The molecule has 0 spiro atoms. The smallest absolute Gasteiger partial charge is 0.220 e. The first kappa shape index (κ1) is 16.1. The molecular weight excluding hydrogens is 286 g/mol. The molecule has 5 heteroatoms. The van der Waals surface area contributed by atoms with Crippen molar-refractivity contribution in [3.05, 3.63) is 65.5 Å². The van der Waals surface area contributed by atoms with E-state index in [1.165, 1.54) is 12.1 Å². The van der Waals surface area contributed by atoms with Crippen molar-refractivity contribution in [1.82, 2.24) is 10.3 Å². The lowest BCUT2D eigenvalue weighted by Gasteiger charge is -2.18. The Bertz CT molecular complexity index is 632. The molecule has 0 aliphatic carbocycles. The molecule has 0 aliphatic heterocycles. The van der Waals surface area contributed by atoms with Gasteiger partial charge in [0.15, 0.2) is 0 Å². The molecule has 2 aromatic rings. The largest absolute Gasteiger partial charge is 0.349 e. The van der Waals surface area contributed by atoms with Gasteiger partial charge in [0.25, 0.3) is 0 Å². The highest BCUT2D eigenvalue weighted by atomic mass is 19.1. The summed E-state index contributed by atoms with van der Waals surface area (Å²) < 4.78 is 26.7. The summed E-state index contributed by atoms with van der Waals surface area (Å²) >= 11 is 0. The summed E-state index contributed by atoms with van der Waals surface area (Å²) in [6.45, 7) is 1.84. The molecular formula is C17H18F2N2O. The Hall–Kier alpha value is -2.30. The maximum Gasteiger partial charge on any atom is 0.220 e. The van der Waals surface area contributed by atoms with E-state index in [9.17, 15) is 13.6 Å². The lowest BCUT2D eigenvalue weighted by Crippen LogP contribution is -2.29. The van der Waals surface area contributed by atoms with Crippen LogP contribution in [0.5, 0.6) is 0 Å². The molecule has 1 aromatic carbocycles. The molecule has 1 heterocycles. The van der Waals surface area contributed by atoms with Crippen LogP contribution in [-0.4, -0.2) is 10.9 Å². The average molecular weight is 304 g/mol. The second-order valence-corrected chi connectivity index (χ2v) is 5.05. The minimum absolute atomic E-state index is 0.160. The molecule has 22 heavy (non-hydrogen) atoms. The summed E-state index contributed by atoms with van der Waals surface area (Å²) in [6.07, 6.45) is 4.79. The van der Waals surface area contributed by atoms with Crippen LogP contribution in [0.25, 0.3) is 0 Å². The van der Waals surface area contributed by atoms with Gasteiger partial charge in [-0.2, -0.15) is 0 Å². The van der Waals surface area contributed by atoms with Gasteiger partial charge in [0.1, 0.15) is 11.6 Å². The minimum Gasteiger partial charge on any atom is -0.349 e. The van der Waals surface area contributed by atoms with E-state index in [1.54, 1.807) is 12.4 Å². The Kier molecular flexibility index (Phi) is 5.58. The van der Waals surface area contributed by atoms with Crippen molar-refractivity contribution in [1.29, 1.82) is 0 Å². The molecule has 0 bridgehead atoms. The zero-order valence-corrected chi connectivity index (χ0v) is 12.4. The number of aromatic nitrogens is 1. The average Bonchev–Trinajstić information content (AvgIpc) is 2.52. The van der Waals surface area contributed by atoms with Crippen molar-refractivity contribution in [2.24, 2.45) is 0 Å². The Morgan fingerprint density at radius 1 is 1.23 bits per heavy atom. The van der Waals surface area contributed by atoms with E-state index in [0.717, 1.165) is 11.6 Å². The zero-order valence-electron chi connectivity index (χ0n) is 12.4. The van der Waals surface area contributed by atoms with Crippen molar-refractivity contribution < 1.29 is 13.6 Å². The normalized spacial score (nSPS) is 12.0. The fourth-order valence-electron chi connectivity index (χ4n) is 2.26. The second kappa shape index (κ2) is 7.64. The molecule has 1 N–H and O–H groups in total. The zero-order chi connectivity index (χ0) is 15.9. The quantitative estimate of drug-likeness (QED) is 0.886. The van der Waals surface area contributed by atoms with E-state index >= 15 is 0 Å². The van der Waals surface area contributed by atoms with Crippen LogP contribution >= 0.6 is 0 Å². The highest BCUT2D eigenvalue weighted by Crippen LogP contribution is 2.21. The maximum atomic E-state index is 13.8. The van der Waals surface area contributed by atoms with Crippen LogP contribution in [0.2, 0.25) is 0 Å². The Morgan fingerprint density at radius 2 is 1.95 bits per heavy atom. The monoisotopic (exact) mass is 304 g/mol. The summed E-state index contributed by atoms with van der Waals surface area (Å²) in [5.74, 6) is -1.42. The molecule has 1 atom stereocenters. The van der Waals surface area contributed by atoms with Gasteiger partial charge in [-0.05, 0) is 36.6 Å². The first-order valence-electron chi connectivity index (χ1n) is 7.23.